The predicted octanol–water partition coefficient (Wildman–Crippen LogP) is 3.08. The fraction of sp³-hybridized carbons (Fsp3) is 0.333. The lowest BCUT2D eigenvalue weighted by Gasteiger charge is -2.04. The smallest absolute Gasteiger partial charge is 0.0390 e. The zero-order valence-corrected chi connectivity index (χ0v) is 7.96. The van der Waals surface area contributed by atoms with Crippen molar-refractivity contribution in [3.63, 3.8) is 0 Å². The van der Waals surface area contributed by atoms with E-state index in [1.807, 2.05) is 12.1 Å². The van der Waals surface area contributed by atoms with E-state index in [-0.39, 0.29) is 0 Å². The molecule has 0 radical (unpaired) electrons. The summed E-state index contributed by atoms with van der Waals surface area (Å²) >= 11 is 0. The van der Waals surface area contributed by atoms with Gasteiger partial charge in [0.25, 0.3) is 0 Å². The van der Waals surface area contributed by atoms with E-state index in [1.54, 1.807) is 0 Å². The van der Waals surface area contributed by atoms with Crippen molar-refractivity contribution in [1.29, 1.82) is 0 Å². The van der Waals surface area contributed by atoms with Gasteiger partial charge in [0, 0.05) is 11.3 Å². The molecule has 0 saturated carbocycles. The molecule has 1 nitrogen and oxygen atoms in total. The van der Waals surface area contributed by atoms with Gasteiger partial charge in [-0.1, -0.05) is 31.2 Å². The number of para-hydroxylation sites is 1. The lowest BCUT2D eigenvalue weighted by Crippen LogP contribution is -1.91. The van der Waals surface area contributed by atoms with Crippen LogP contribution in [0.3, 0.4) is 0 Å². The third-order valence-electron chi connectivity index (χ3n) is 2.66. The fourth-order valence-corrected chi connectivity index (χ4v) is 1.91. The Bertz CT molecular complexity index is 339. The van der Waals surface area contributed by atoms with E-state index in [0.29, 0.717) is 0 Å². The summed E-state index contributed by atoms with van der Waals surface area (Å²) in [6.07, 6.45) is 4.78. The molecule has 68 valence electrons. The van der Waals surface area contributed by atoms with E-state index in [1.165, 1.54) is 24.0 Å². The van der Waals surface area contributed by atoms with Crippen LogP contribution in [0.2, 0.25) is 0 Å². The highest BCUT2D eigenvalue weighted by Crippen LogP contribution is 2.33. The predicted molar refractivity (Wildman–Crippen MR) is 57.2 cm³/mol. The normalized spacial score (nSPS) is 21.6. The summed E-state index contributed by atoms with van der Waals surface area (Å²) in [7, 11) is 0. The minimum absolute atomic E-state index is 0.717. The number of benzene rings is 1. The first-order chi connectivity index (χ1) is 6.27. The van der Waals surface area contributed by atoms with Gasteiger partial charge in [-0.3, -0.25) is 0 Å². The molecule has 2 rings (SSSR count). The first kappa shape index (κ1) is 8.36. The maximum atomic E-state index is 5.90. The molecule has 1 aliphatic carbocycles. The van der Waals surface area contributed by atoms with Gasteiger partial charge in [0.2, 0.25) is 0 Å². The average molecular weight is 173 g/mol. The Balaban J connectivity index is 2.36. The fourth-order valence-electron chi connectivity index (χ4n) is 1.91. The number of hydrogen-bond donors (Lipinski definition) is 1. The molecule has 0 heterocycles. The van der Waals surface area contributed by atoms with Crippen LogP contribution in [0.15, 0.2) is 30.3 Å². The quantitative estimate of drug-likeness (QED) is 0.649. The third kappa shape index (κ3) is 1.59. The van der Waals surface area contributed by atoms with E-state index < -0.39 is 0 Å². The van der Waals surface area contributed by atoms with Crippen molar-refractivity contribution in [2.24, 2.45) is 5.92 Å². The molecule has 1 aromatic carbocycles. The van der Waals surface area contributed by atoms with Crippen LogP contribution < -0.4 is 5.73 Å². The second-order valence-electron chi connectivity index (χ2n) is 3.80. The second-order valence-corrected chi connectivity index (χ2v) is 3.80. The van der Waals surface area contributed by atoms with Gasteiger partial charge in [0.1, 0.15) is 0 Å². The first-order valence-corrected chi connectivity index (χ1v) is 4.83. The zero-order valence-electron chi connectivity index (χ0n) is 7.96. The lowest BCUT2D eigenvalue weighted by molar-refractivity contribution is 0.703. The topological polar surface area (TPSA) is 26.0 Å². The standard InChI is InChI=1S/C12H15N/c1-9-6-7-10(8-9)11-4-2-3-5-12(11)13/h2-5,8-9H,6-7,13H2,1H3. The highest BCUT2D eigenvalue weighted by Gasteiger charge is 2.13. The molecule has 1 aliphatic rings. The largest absolute Gasteiger partial charge is 0.398 e. The summed E-state index contributed by atoms with van der Waals surface area (Å²) in [6, 6.07) is 8.12. The van der Waals surface area contributed by atoms with Crippen LogP contribution in [0.25, 0.3) is 5.57 Å². The number of nitrogen functional groups attached to an aromatic ring is 1. The van der Waals surface area contributed by atoms with E-state index in [4.69, 9.17) is 5.73 Å². The molecule has 0 bridgehead atoms. The lowest BCUT2D eigenvalue weighted by atomic mass is 10.0. The first-order valence-electron chi connectivity index (χ1n) is 4.83. The van der Waals surface area contributed by atoms with Crippen molar-refractivity contribution in [3.8, 4) is 0 Å². The Labute approximate surface area is 79.3 Å². The highest BCUT2D eigenvalue weighted by molar-refractivity contribution is 5.76. The Morgan fingerprint density at radius 1 is 1.31 bits per heavy atom. The minimum Gasteiger partial charge on any atom is -0.398 e. The van der Waals surface area contributed by atoms with Crippen molar-refractivity contribution in [2.45, 2.75) is 19.8 Å². The van der Waals surface area contributed by atoms with Gasteiger partial charge < -0.3 is 5.73 Å². The minimum atomic E-state index is 0.717. The van der Waals surface area contributed by atoms with Crippen LogP contribution in [0, 0.1) is 5.92 Å². The molecule has 0 aliphatic heterocycles. The average Bonchev–Trinajstić information content (AvgIpc) is 2.53. The summed E-state index contributed by atoms with van der Waals surface area (Å²) in [6.45, 7) is 2.26. The van der Waals surface area contributed by atoms with E-state index in [2.05, 4.69) is 25.1 Å². The zero-order chi connectivity index (χ0) is 9.26. The van der Waals surface area contributed by atoms with Crippen molar-refractivity contribution in [3.05, 3.63) is 35.9 Å². The van der Waals surface area contributed by atoms with Gasteiger partial charge in [-0.05, 0) is 30.4 Å². The molecule has 0 spiro atoms. The molecule has 1 heteroatoms. The Morgan fingerprint density at radius 3 is 2.69 bits per heavy atom. The number of hydrogen-bond acceptors (Lipinski definition) is 1. The summed E-state index contributed by atoms with van der Waals surface area (Å²) in [4.78, 5) is 0. The van der Waals surface area contributed by atoms with Crippen molar-refractivity contribution in [1.82, 2.24) is 0 Å². The van der Waals surface area contributed by atoms with Gasteiger partial charge in [0.15, 0.2) is 0 Å². The van der Waals surface area contributed by atoms with Crippen LogP contribution in [-0.4, -0.2) is 0 Å². The Morgan fingerprint density at radius 2 is 2.08 bits per heavy atom. The van der Waals surface area contributed by atoms with Crippen molar-refractivity contribution >= 4 is 11.3 Å². The number of allylic oxidation sites excluding steroid dienone is 2. The molecule has 13 heavy (non-hydrogen) atoms. The molecule has 2 N–H and O–H groups in total. The van der Waals surface area contributed by atoms with E-state index >= 15 is 0 Å². The van der Waals surface area contributed by atoms with Gasteiger partial charge in [-0.2, -0.15) is 0 Å². The molecular weight excluding hydrogens is 158 g/mol. The van der Waals surface area contributed by atoms with Crippen LogP contribution in [0.4, 0.5) is 5.69 Å². The number of rotatable bonds is 1. The van der Waals surface area contributed by atoms with E-state index in [0.717, 1.165) is 11.6 Å². The SMILES string of the molecule is CC1C=C(c2ccccc2N)CC1. The molecule has 0 aromatic heterocycles. The van der Waals surface area contributed by atoms with Crippen LogP contribution in [0.1, 0.15) is 25.3 Å². The van der Waals surface area contributed by atoms with Crippen LogP contribution in [0.5, 0.6) is 0 Å². The molecular formula is C12H15N. The Hall–Kier alpha value is -1.24. The Kier molecular flexibility index (Phi) is 2.09. The van der Waals surface area contributed by atoms with Gasteiger partial charge in [0.05, 0.1) is 0 Å². The van der Waals surface area contributed by atoms with Crippen LogP contribution in [-0.2, 0) is 0 Å². The van der Waals surface area contributed by atoms with Gasteiger partial charge >= 0.3 is 0 Å². The maximum Gasteiger partial charge on any atom is 0.0390 e. The third-order valence-corrected chi connectivity index (χ3v) is 2.66. The van der Waals surface area contributed by atoms with Gasteiger partial charge in [-0.25, -0.2) is 0 Å². The molecule has 0 saturated heterocycles. The van der Waals surface area contributed by atoms with Gasteiger partial charge in [-0.15, -0.1) is 0 Å². The van der Waals surface area contributed by atoms with Crippen molar-refractivity contribution in [2.75, 3.05) is 5.73 Å². The molecule has 0 fully saturated rings. The monoisotopic (exact) mass is 173 g/mol. The maximum absolute atomic E-state index is 5.90. The van der Waals surface area contributed by atoms with Crippen LogP contribution >= 0.6 is 0 Å². The molecule has 1 atom stereocenters. The number of anilines is 1. The summed E-state index contributed by atoms with van der Waals surface area (Å²) in [5.41, 5.74) is 9.46. The van der Waals surface area contributed by atoms with Crippen molar-refractivity contribution < 1.29 is 0 Å². The second kappa shape index (κ2) is 3.25. The number of nitrogens with two attached hydrogens (primary N) is 1. The highest BCUT2D eigenvalue weighted by atomic mass is 14.6. The molecule has 1 aromatic rings. The summed E-state index contributed by atoms with van der Waals surface area (Å²) in [5.74, 6) is 0.717. The summed E-state index contributed by atoms with van der Waals surface area (Å²) < 4.78 is 0. The molecule has 1 unspecified atom stereocenters. The summed E-state index contributed by atoms with van der Waals surface area (Å²) in [5, 5.41) is 0. The molecule has 0 amide bonds. The van der Waals surface area contributed by atoms with E-state index in [9.17, 15) is 0 Å².